The molecular weight excluding hydrogens is 336 g/mol. The van der Waals surface area contributed by atoms with Crippen molar-refractivity contribution in [2.75, 3.05) is 13.1 Å². The van der Waals surface area contributed by atoms with E-state index in [1.54, 1.807) is 6.92 Å². The first kappa shape index (κ1) is 16.0. The number of benzene rings is 1. The van der Waals surface area contributed by atoms with Gasteiger partial charge in [-0.05, 0) is 19.4 Å². The Morgan fingerprint density at radius 1 is 1.16 bits per heavy atom. The number of rotatable bonds is 3. The van der Waals surface area contributed by atoms with Crippen LogP contribution in [-0.4, -0.2) is 39.0 Å². The van der Waals surface area contributed by atoms with Crippen molar-refractivity contribution in [1.82, 2.24) is 20.0 Å². The molecule has 0 spiro atoms. The van der Waals surface area contributed by atoms with E-state index in [4.69, 9.17) is 4.52 Å². The highest BCUT2D eigenvalue weighted by Gasteiger charge is 2.40. The molecule has 1 aromatic carbocycles. The van der Waals surface area contributed by atoms with Gasteiger partial charge in [0.1, 0.15) is 5.69 Å². The number of amides is 1. The first-order valence-corrected chi connectivity index (χ1v) is 9.06. The summed E-state index contributed by atoms with van der Waals surface area (Å²) in [6.45, 7) is 4.88. The molecule has 2 atom stereocenters. The minimum atomic E-state index is -0.0379. The Morgan fingerprint density at radius 2 is 1.92 bits per heavy atom. The first-order chi connectivity index (χ1) is 12.1. The molecule has 6 nitrogen and oxygen atoms in total. The van der Waals surface area contributed by atoms with Crippen LogP contribution in [0.25, 0.3) is 0 Å². The van der Waals surface area contributed by atoms with E-state index in [9.17, 15) is 4.79 Å². The molecule has 2 aromatic heterocycles. The molecule has 1 fully saturated rings. The third-order valence-electron chi connectivity index (χ3n) is 4.53. The quantitative estimate of drug-likeness (QED) is 0.722. The van der Waals surface area contributed by atoms with Crippen molar-refractivity contribution in [1.29, 1.82) is 0 Å². The number of nitrogens with zero attached hydrogens (tertiary/aromatic N) is 4. The second-order valence-electron chi connectivity index (χ2n) is 6.27. The Labute approximate surface area is 149 Å². The molecule has 1 amide bonds. The van der Waals surface area contributed by atoms with Crippen LogP contribution in [0.5, 0.6) is 0 Å². The lowest BCUT2D eigenvalue weighted by atomic mass is 9.89. The van der Waals surface area contributed by atoms with Gasteiger partial charge in [0.2, 0.25) is 5.89 Å². The van der Waals surface area contributed by atoms with E-state index in [-0.39, 0.29) is 17.7 Å². The second-order valence-corrected chi connectivity index (χ2v) is 7.33. The van der Waals surface area contributed by atoms with Crippen LogP contribution in [0.2, 0.25) is 0 Å². The van der Waals surface area contributed by atoms with E-state index in [1.807, 2.05) is 35.4 Å². The molecule has 25 heavy (non-hydrogen) atoms. The molecule has 0 radical (unpaired) electrons. The first-order valence-electron chi connectivity index (χ1n) is 8.18. The van der Waals surface area contributed by atoms with Crippen molar-refractivity contribution in [2.45, 2.75) is 25.7 Å². The second kappa shape index (κ2) is 6.40. The van der Waals surface area contributed by atoms with Crippen molar-refractivity contribution in [2.24, 2.45) is 0 Å². The summed E-state index contributed by atoms with van der Waals surface area (Å²) in [7, 11) is 0. The van der Waals surface area contributed by atoms with Crippen LogP contribution >= 0.6 is 11.3 Å². The number of aromatic nitrogens is 3. The standard InChI is InChI=1S/C18H18N4O2S/c1-11-19-17(24-21-11)15-9-22(18(23)16-10-25-12(2)20-16)8-14(15)13-6-4-3-5-7-13/h3-7,10,14-15H,8-9H2,1-2H3. The minimum Gasteiger partial charge on any atom is -0.339 e. The number of carbonyl (C=O) groups is 1. The molecule has 0 N–H and O–H groups in total. The number of likely N-dealkylation sites (tertiary alicyclic amines) is 1. The average molecular weight is 354 g/mol. The van der Waals surface area contributed by atoms with Gasteiger partial charge in [-0.25, -0.2) is 4.98 Å². The predicted octanol–water partition coefficient (Wildman–Crippen LogP) is 3.17. The van der Waals surface area contributed by atoms with E-state index < -0.39 is 0 Å². The van der Waals surface area contributed by atoms with Crippen molar-refractivity contribution >= 4 is 17.2 Å². The van der Waals surface area contributed by atoms with E-state index >= 15 is 0 Å². The van der Waals surface area contributed by atoms with Crippen LogP contribution in [0.3, 0.4) is 0 Å². The Kier molecular flexibility index (Phi) is 4.09. The van der Waals surface area contributed by atoms with Gasteiger partial charge in [-0.2, -0.15) is 4.98 Å². The van der Waals surface area contributed by atoms with E-state index in [0.29, 0.717) is 30.5 Å². The fourth-order valence-electron chi connectivity index (χ4n) is 3.35. The number of aryl methyl sites for hydroxylation is 2. The Bertz CT molecular complexity index is 889. The Balaban J connectivity index is 1.65. The van der Waals surface area contributed by atoms with Crippen molar-refractivity contribution in [3.63, 3.8) is 0 Å². The van der Waals surface area contributed by atoms with Crippen LogP contribution in [0.15, 0.2) is 40.2 Å². The highest BCUT2D eigenvalue weighted by atomic mass is 32.1. The molecule has 0 bridgehead atoms. The molecule has 0 saturated carbocycles. The third kappa shape index (κ3) is 3.07. The van der Waals surface area contributed by atoms with Gasteiger partial charge in [0.25, 0.3) is 5.91 Å². The molecule has 3 aromatic rings. The molecule has 128 valence electrons. The SMILES string of the molecule is Cc1noc(C2CN(C(=O)c3csc(C)n3)CC2c2ccccc2)n1. The largest absolute Gasteiger partial charge is 0.339 e. The fraction of sp³-hybridized carbons (Fsp3) is 0.333. The lowest BCUT2D eigenvalue weighted by Gasteiger charge is -2.15. The topological polar surface area (TPSA) is 72.1 Å². The number of carbonyl (C=O) groups excluding carboxylic acids is 1. The normalized spacial score (nSPS) is 20.2. The number of hydrogen-bond acceptors (Lipinski definition) is 6. The summed E-state index contributed by atoms with van der Waals surface area (Å²) in [5.74, 6) is 1.29. The van der Waals surface area contributed by atoms with Gasteiger partial charge in [-0.1, -0.05) is 35.5 Å². The number of thiazole rings is 1. The van der Waals surface area contributed by atoms with E-state index in [1.165, 1.54) is 16.9 Å². The zero-order valence-electron chi connectivity index (χ0n) is 14.0. The average Bonchev–Trinajstić information content (AvgIpc) is 3.34. The molecular formula is C18H18N4O2S. The van der Waals surface area contributed by atoms with Crippen LogP contribution in [0.1, 0.15) is 44.6 Å². The van der Waals surface area contributed by atoms with Crippen LogP contribution in [0, 0.1) is 13.8 Å². The third-order valence-corrected chi connectivity index (χ3v) is 5.31. The summed E-state index contributed by atoms with van der Waals surface area (Å²) in [6.07, 6.45) is 0. The molecule has 2 unspecified atom stereocenters. The van der Waals surface area contributed by atoms with Gasteiger partial charge in [-0.3, -0.25) is 4.79 Å². The molecule has 1 saturated heterocycles. The van der Waals surface area contributed by atoms with Gasteiger partial charge in [0, 0.05) is 24.4 Å². The molecule has 3 heterocycles. The zero-order valence-corrected chi connectivity index (χ0v) is 14.9. The fourth-order valence-corrected chi connectivity index (χ4v) is 3.93. The van der Waals surface area contributed by atoms with Gasteiger partial charge in [0.15, 0.2) is 5.82 Å². The molecule has 7 heteroatoms. The van der Waals surface area contributed by atoms with Gasteiger partial charge in [-0.15, -0.1) is 11.3 Å². The van der Waals surface area contributed by atoms with Gasteiger partial charge in [0.05, 0.1) is 10.9 Å². The lowest BCUT2D eigenvalue weighted by molar-refractivity contribution is 0.0783. The lowest BCUT2D eigenvalue weighted by Crippen LogP contribution is -2.29. The van der Waals surface area contributed by atoms with Crippen LogP contribution < -0.4 is 0 Å². The van der Waals surface area contributed by atoms with E-state index in [0.717, 1.165) is 5.01 Å². The van der Waals surface area contributed by atoms with Crippen molar-refractivity contribution in [3.05, 3.63) is 63.7 Å². The summed E-state index contributed by atoms with van der Waals surface area (Å²) in [6, 6.07) is 10.2. The predicted molar refractivity (Wildman–Crippen MR) is 93.7 cm³/mol. The Morgan fingerprint density at radius 3 is 2.56 bits per heavy atom. The summed E-state index contributed by atoms with van der Waals surface area (Å²) in [5, 5.41) is 6.63. The van der Waals surface area contributed by atoms with Crippen molar-refractivity contribution < 1.29 is 9.32 Å². The molecule has 0 aliphatic carbocycles. The van der Waals surface area contributed by atoms with Gasteiger partial charge >= 0.3 is 0 Å². The van der Waals surface area contributed by atoms with E-state index in [2.05, 4.69) is 27.3 Å². The zero-order chi connectivity index (χ0) is 17.4. The highest BCUT2D eigenvalue weighted by Crippen LogP contribution is 2.39. The van der Waals surface area contributed by atoms with Crippen LogP contribution in [-0.2, 0) is 0 Å². The monoisotopic (exact) mass is 354 g/mol. The maximum atomic E-state index is 12.8. The maximum Gasteiger partial charge on any atom is 0.273 e. The highest BCUT2D eigenvalue weighted by molar-refractivity contribution is 7.09. The molecule has 1 aliphatic heterocycles. The Hall–Kier alpha value is -2.54. The molecule has 4 rings (SSSR count). The summed E-state index contributed by atoms with van der Waals surface area (Å²) in [5.41, 5.74) is 1.68. The summed E-state index contributed by atoms with van der Waals surface area (Å²) in [4.78, 5) is 23.4. The number of hydrogen-bond donors (Lipinski definition) is 0. The summed E-state index contributed by atoms with van der Waals surface area (Å²) >= 11 is 1.49. The minimum absolute atomic E-state index is 0.00715. The summed E-state index contributed by atoms with van der Waals surface area (Å²) < 4.78 is 5.43. The van der Waals surface area contributed by atoms with Crippen molar-refractivity contribution in [3.8, 4) is 0 Å². The van der Waals surface area contributed by atoms with Crippen LogP contribution in [0.4, 0.5) is 0 Å². The van der Waals surface area contributed by atoms with Gasteiger partial charge < -0.3 is 9.42 Å². The molecule has 1 aliphatic rings. The smallest absolute Gasteiger partial charge is 0.273 e. The maximum absolute atomic E-state index is 12.8.